The van der Waals surface area contributed by atoms with Gasteiger partial charge in [0.05, 0.1) is 0 Å². The van der Waals surface area contributed by atoms with E-state index in [4.69, 9.17) is 0 Å². The van der Waals surface area contributed by atoms with Crippen LogP contribution in [0, 0.1) is 23.5 Å². The first-order valence-corrected chi connectivity index (χ1v) is 16.1. The summed E-state index contributed by atoms with van der Waals surface area (Å²) in [4.78, 5) is 0. The van der Waals surface area contributed by atoms with Crippen molar-refractivity contribution in [1.82, 2.24) is 0 Å². The first-order valence-electron chi connectivity index (χ1n) is 13.7. The zero-order chi connectivity index (χ0) is 24.0. The van der Waals surface area contributed by atoms with Crippen LogP contribution in [0.15, 0.2) is 42.5 Å². The molecular formula is C30H41F3Si. The van der Waals surface area contributed by atoms with E-state index in [1.165, 1.54) is 62.3 Å². The fourth-order valence-electron chi connectivity index (χ4n) is 6.42. The molecular weight excluding hydrogens is 445 g/mol. The predicted octanol–water partition coefficient (Wildman–Crippen LogP) is 9.29. The van der Waals surface area contributed by atoms with Crippen LogP contribution in [-0.4, -0.2) is 14.5 Å². The highest BCUT2D eigenvalue weighted by molar-refractivity contribution is 6.59. The quantitative estimate of drug-likeness (QED) is 0.245. The molecule has 0 bridgehead atoms. The highest BCUT2D eigenvalue weighted by Gasteiger charge is 2.43. The second-order valence-corrected chi connectivity index (χ2v) is 14.5. The molecule has 2 aliphatic rings. The zero-order valence-electron chi connectivity index (χ0n) is 20.8. The number of aryl methyl sites for hydroxylation is 1. The summed E-state index contributed by atoms with van der Waals surface area (Å²) in [6.07, 6.45) is 12.7. The van der Waals surface area contributed by atoms with Gasteiger partial charge in [-0.15, -0.1) is 0 Å². The first-order chi connectivity index (χ1) is 16.5. The van der Waals surface area contributed by atoms with Crippen molar-refractivity contribution in [2.75, 3.05) is 0 Å². The third kappa shape index (κ3) is 6.56. The number of halogens is 3. The topological polar surface area (TPSA) is 0 Å². The van der Waals surface area contributed by atoms with E-state index < -0.39 is 26.1 Å². The van der Waals surface area contributed by atoms with Crippen LogP contribution in [0.2, 0.25) is 18.1 Å². The Bertz CT molecular complexity index is 894. The van der Waals surface area contributed by atoms with Crippen molar-refractivity contribution in [3.8, 4) is 11.1 Å². The summed E-state index contributed by atoms with van der Waals surface area (Å²) in [5.41, 5.74) is 2.00. The van der Waals surface area contributed by atoms with Gasteiger partial charge in [-0.2, -0.15) is 0 Å². The van der Waals surface area contributed by atoms with E-state index in [0.29, 0.717) is 11.5 Å². The van der Waals surface area contributed by atoms with Gasteiger partial charge in [0.15, 0.2) is 11.6 Å². The van der Waals surface area contributed by atoms with E-state index in [0.717, 1.165) is 55.7 Å². The smallest absolute Gasteiger partial charge is 0.159 e. The molecule has 1 saturated heterocycles. The minimum Gasteiger partial charge on any atom is -0.244 e. The minimum atomic E-state index is -0.885. The average molecular weight is 487 g/mol. The molecule has 0 spiro atoms. The lowest BCUT2D eigenvalue weighted by Gasteiger charge is -2.42. The number of hydrogen-bond donors (Lipinski definition) is 0. The molecule has 1 saturated carbocycles. The van der Waals surface area contributed by atoms with Gasteiger partial charge in [0, 0.05) is 8.80 Å². The molecule has 4 rings (SSSR count). The molecule has 2 fully saturated rings. The van der Waals surface area contributed by atoms with Gasteiger partial charge in [-0.3, -0.25) is 0 Å². The van der Waals surface area contributed by atoms with Crippen LogP contribution >= 0.6 is 0 Å². The predicted molar refractivity (Wildman–Crippen MR) is 140 cm³/mol. The van der Waals surface area contributed by atoms with Crippen LogP contribution in [0.5, 0.6) is 0 Å². The van der Waals surface area contributed by atoms with E-state index >= 15 is 4.39 Å². The van der Waals surface area contributed by atoms with E-state index in [1.807, 2.05) is 12.1 Å². The lowest BCUT2D eigenvalue weighted by Crippen LogP contribution is -2.41. The average Bonchev–Trinajstić information content (AvgIpc) is 2.86. The second kappa shape index (κ2) is 11.9. The highest BCUT2D eigenvalue weighted by Crippen LogP contribution is 2.47. The molecule has 4 heteroatoms. The highest BCUT2D eigenvalue weighted by atomic mass is 28.3. The standard InChI is InChI=1S/C30H41F3Si/c1-2-3-4-5-23-8-13-27(14-9-23)30(33)17-20-34(21-18-30)19-16-24-6-10-25(11-7-24)26-12-15-28(31)29(32)22-26/h6-7,10-12,15,22-23,27,34H,2-5,8-9,13-14,16-21H2,1H3/t23?,27?,30-,34+. The van der Waals surface area contributed by atoms with Crippen molar-refractivity contribution in [3.05, 3.63) is 59.7 Å². The fourth-order valence-corrected chi connectivity index (χ4v) is 9.80. The normalized spacial score (nSPS) is 27.6. The lowest BCUT2D eigenvalue weighted by atomic mass is 9.71. The minimum absolute atomic E-state index is 0.314. The Kier molecular flexibility index (Phi) is 8.96. The summed E-state index contributed by atoms with van der Waals surface area (Å²) < 4.78 is 42.6. The van der Waals surface area contributed by atoms with E-state index in [-0.39, 0.29) is 0 Å². The van der Waals surface area contributed by atoms with E-state index in [1.54, 1.807) is 6.07 Å². The van der Waals surface area contributed by atoms with Crippen LogP contribution in [0.1, 0.15) is 76.7 Å². The van der Waals surface area contributed by atoms with Crippen LogP contribution < -0.4 is 0 Å². The molecule has 0 N–H and O–H groups in total. The molecule has 0 nitrogen and oxygen atoms in total. The molecule has 1 aliphatic heterocycles. The second-order valence-electron chi connectivity index (χ2n) is 11.1. The van der Waals surface area contributed by atoms with Crippen molar-refractivity contribution in [2.24, 2.45) is 11.8 Å². The summed E-state index contributed by atoms with van der Waals surface area (Å²) >= 11 is 0. The summed E-state index contributed by atoms with van der Waals surface area (Å²) in [5.74, 6) is -0.460. The van der Waals surface area contributed by atoms with Gasteiger partial charge < -0.3 is 0 Å². The van der Waals surface area contributed by atoms with Gasteiger partial charge in [-0.25, -0.2) is 13.2 Å². The Morgan fingerprint density at radius 1 is 0.853 bits per heavy atom. The van der Waals surface area contributed by atoms with E-state index in [9.17, 15) is 8.78 Å². The lowest BCUT2D eigenvalue weighted by molar-refractivity contribution is 0.0325. The number of alkyl halides is 1. The maximum Gasteiger partial charge on any atom is 0.159 e. The Balaban J connectivity index is 1.20. The largest absolute Gasteiger partial charge is 0.244 e. The van der Waals surface area contributed by atoms with E-state index in [2.05, 4.69) is 19.1 Å². The zero-order valence-corrected chi connectivity index (χ0v) is 22.0. The summed E-state index contributed by atoms with van der Waals surface area (Å²) in [7, 11) is -0.880. The monoisotopic (exact) mass is 486 g/mol. The molecule has 0 aromatic heterocycles. The van der Waals surface area contributed by atoms with Crippen molar-refractivity contribution in [1.29, 1.82) is 0 Å². The van der Waals surface area contributed by atoms with Crippen LogP contribution in [0.25, 0.3) is 11.1 Å². The Morgan fingerprint density at radius 2 is 1.53 bits per heavy atom. The van der Waals surface area contributed by atoms with Gasteiger partial charge in [-0.05, 0) is 72.8 Å². The van der Waals surface area contributed by atoms with Crippen LogP contribution in [-0.2, 0) is 6.42 Å². The van der Waals surface area contributed by atoms with Gasteiger partial charge in [0.25, 0.3) is 0 Å². The maximum atomic E-state index is 15.9. The third-order valence-corrected chi connectivity index (χ3v) is 12.1. The molecule has 2 aromatic rings. The SMILES string of the molecule is CCCCCC1CCC([C@]2(F)CC[Si@@H](CCc3ccc(-c4ccc(F)c(F)c4)cc3)CC2)CC1. The molecule has 0 unspecified atom stereocenters. The summed E-state index contributed by atoms with van der Waals surface area (Å²) in [5, 5.41) is 0. The number of unbranched alkanes of at least 4 members (excludes halogenated alkanes) is 2. The van der Waals surface area contributed by atoms with Gasteiger partial charge in [0.2, 0.25) is 0 Å². The van der Waals surface area contributed by atoms with Crippen LogP contribution in [0.4, 0.5) is 13.2 Å². The van der Waals surface area contributed by atoms with Gasteiger partial charge >= 0.3 is 0 Å². The van der Waals surface area contributed by atoms with Crippen molar-refractivity contribution >= 4 is 8.80 Å². The Labute approximate surface area is 206 Å². The molecule has 1 heterocycles. The Hall–Kier alpha value is -1.55. The van der Waals surface area contributed by atoms with Gasteiger partial charge in [-0.1, -0.05) is 93.9 Å². The van der Waals surface area contributed by atoms with Gasteiger partial charge in [0.1, 0.15) is 5.67 Å². The molecule has 0 amide bonds. The number of hydrogen-bond acceptors (Lipinski definition) is 0. The number of benzene rings is 2. The summed E-state index contributed by atoms with van der Waals surface area (Å²) in [6, 6.07) is 15.8. The van der Waals surface area contributed by atoms with Crippen molar-refractivity contribution in [3.63, 3.8) is 0 Å². The maximum absolute atomic E-state index is 15.9. The summed E-state index contributed by atoms with van der Waals surface area (Å²) in [6.45, 7) is 2.26. The first kappa shape index (κ1) is 25.5. The van der Waals surface area contributed by atoms with Crippen LogP contribution in [0.3, 0.4) is 0 Å². The Morgan fingerprint density at radius 3 is 2.18 bits per heavy atom. The third-order valence-electron chi connectivity index (χ3n) is 8.78. The van der Waals surface area contributed by atoms with Crippen molar-refractivity contribution < 1.29 is 13.2 Å². The molecule has 0 radical (unpaired) electrons. The molecule has 34 heavy (non-hydrogen) atoms. The molecule has 2 aromatic carbocycles. The number of rotatable bonds is 9. The fraction of sp³-hybridized carbons (Fsp3) is 0.600. The molecule has 186 valence electrons. The molecule has 0 atom stereocenters. The van der Waals surface area contributed by atoms with Crippen molar-refractivity contribution in [2.45, 2.75) is 101 Å². The molecule has 1 aliphatic carbocycles.